The lowest BCUT2D eigenvalue weighted by Gasteiger charge is -2.20. The van der Waals surface area contributed by atoms with Crippen LogP contribution in [-0.2, 0) is 9.47 Å². The quantitative estimate of drug-likeness (QED) is 0.760. The molecule has 3 atom stereocenters. The van der Waals surface area contributed by atoms with Crippen LogP contribution in [0.3, 0.4) is 0 Å². The molecule has 1 aromatic rings. The summed E-state index contributed by atoms with van der Waals surface area (Å²) in [6.45, 7) is 0.583. The predicted molar refractivity (Wildman–Crippen MR) is 67.4 cm³/mol. The summed E-state index contributed by atoms with van der Waals surface area (Å²) in [5.74, 6) is 0. The Morgan fingerprint density at radius 1 is 1.60 bits per heavy atom. The van der Waals surface area contributed by atoms with Crippen LogP contribution in [0.15, 0.2) is 15.8 Å². The summed E-state index contributed by atoms with van der Waals surface area (Å²) in [4.78, 5) is 25.4. The number of nitrogens with one attached hydrogen (secondary N) is 1. The molecule has 0 radical (unpaired) electrons. The second kappa shape index (κ2) is 6.29. The summed E-state index contributed by atoms with van der Waals surface area (Å²) < 4.78 is 24.3. The van der Waals surface area contributed by atoms with E-state index in [1.54, 1.807) is 6.92 Å². The van der Waals surface area contributed by atoms with Crippen LogP contribution in [0.5, 0.6) is 0 Å². The molecule has 2 N–H and O–H groups in total. The monoisotopic (exact) mass is 288 g/mol. The molecule has 0 saturated carbocycles. The lowest BCUT2D eigenvalue weighted by Crippen LogP contribution is -2.37. The molecule has 0 spiro atoms. The molecule has 112 valence electrons. The van der Waals surface area contributed by atoms with Gasteiger partial charge in [0.2, 0.25) is 0 Å². The number of ether oxygens (including phenoxy) is 2. The molecule has 0 aromatic carbocycles. The molecular formula is C12H17FN2O5. The highest BCUT2D eigenvalue weighted by Gasteiger charge is 2.37. The van der Waals surface area contributed by atoms with Gasteiger partial charge in [-0.15, -0.1) is 0 Å². The predicted octanol–water partition coefficient (Wildman–Crippen LogP) is -0.520. The molecule has 1 fully saturated rings. The number of aromatic amines is 1. The lowest BCUT2D eigenvalue weighted by atomic mass is 10.2. The Bertz CT molecular complexity index is 570. The first-order valence-corrected chi connectivity index (χ1v) is 6.32. The molecule has 2 rings (SSSR count). The second-order valence-corrected chi connectivity index (χ2v) is 4.64. The molecule has 0 amide bonds. The first-order chi connectivity index (χ1) is 9.56. The zero-order chi connectivity index (χ0) is 14.7. The van der Waals surface area contributed by atoms with Crippen molar-refractivity contribution in [2.75, 3.05) is 19.9 Å². The van der Waals surface area contributed by atoms with Crippen LogP contribution in [0, 0.1) is 6.92 Å². The van der Waals surface area contributed by atoms with Gasteiger partial charge >= 0.3 is 5.69 Å². The van der Waals surface area contributed by atoms with Crippen molar-refractivity contribution in [1.82, 2.24) is 9.55 Å². The van der Waals surface area contributed by atoms with E-state index in [2.05, 4.69) is 4.98 Å². The van der Waals surface area contributed by atoms with E-state index in [4.69, 9.17) is 14.6 Å². The minimum Gasteiger partial charge on any atom is -0.394 e. The number of aromatic nitrogens is 2. The van der Waals surface area contributed by atoms with Gasteiger partial charge in [0.05, 0.1) is 19.3 Å². The van der Waals surface area contributed by atoms with Crippen LogP contribution < -0.4 is 11.2 Å². The Morgan fingerprint density at radius 3 is 3.00 bits per heavy atom. The van der Waals surface area contributed by atoms with Crippen molar-refractivity contribution in [1.29, 1.82) is 0 Å². The third-order valence-corrected chi connectivity index (χ3v) is 3.18. The Balaban J connectivity index is 2.30. The SMILES string of the molecule is Cc1cn([C@@H]2O[C@H](CO)CC2OCCF)c(=O)[nH]c1=O. The van der Waals surface area contributed by atoms with Crippen LogP contribution in [-0.4, -0.2) is 46.8 Å². The Morgan fingerprint density at radius 2 is 2.35 bits per heavy atom. The summed E-state index contributed by atoms with van der Waals surface area (Å²) >= 11 is 0. The van der Waals surface area contributed by atoms with Gasteiger partial charge in [-0.3, -0.25) is 14.3 Å². The van der Waals surface area contributed by atoms with Gasteiger partial charge in [0.25, 0.3) is 5.56 Å². The van der Waals surface area contributed by atoms with Crippen molar-refractivity contribution < 1.29 is 19.0 Å². The zero-order valence-electron chi connectivity index (χ0n) is 11.0. The van der Waals surface area contributed by atoms with E-state index in [0.717, 1.165) is 0 Å². The van der Waals surface area contributed by atoms with E-state index in [1.165, 1.54) is 10.8 Å². The molecular weight excluding hydrogens is 271 g/mol. The smallest absolute Gasteiger partial charge is 0.330 e. The number of alkyl halides is 1. The number of aliphatic hydroxyl groups is 1. The van der Waals surface area contributed by atoms with Gasteiger partial charge < -0.3 is 14.6 Å². The maximum Gasteiger partial charge on any atom is 0.330 e. The number of hydrogen-bond acceptors (Lipinski definition) is 5. The summed E-state index contributed by atoms with van der Waals surface area (Å²) in [5, 5.41) is 9.14. The lowest BCUT2D eigenvalue weighted by molar-refractivity contribution is -0.0742. The minimum absolute atomic E-state index is 0.111. The van der Waals surface area contributed by atoms with E-state index in [0.29, 0.717) is 12.0 Å². The number of H-pyrrole nitrogens is 1. The number of hydrogen-bond donors (Lipinski definition) is 2. The zero-order valence-corrected chi connectivity index (χ0v) is 11.0. The van der Waals surface area contributed by atoms with E-state index in [1.807, 2.05) is 0 Å². The number of halogens is 1. The van der Waals surface area contributed by atoms with Crippen molar-refractivity contribution in [2.24, 2.45) is 0 Å². The Kier molecular flexibility index (Phi) is 4.69. The first kappa shape index (κ1) is 14.9. The highest BCUT2D eigenvalue weighted by Crippen LogP contribution is 2.30. The second-order valence-electron chi connectivity index (χ2n) is 4.64. The number of aryl methyl sites for hydroxylation is 1. The summed E-state index contributed by atoms with van der Waals surface area (Å²) in [5.41, 5.74) is -0.743. The van der Waals surface area contributed by atoms with Crippen molar-refractivity contribution in [3.8, 4) is 0 Å². The fourth-order valence-corrected chi connectivity index (χ4v) is 2.20. The van der Waals surface area contributed by atoms with Crippen molar-refractivity contribution in [2.45, 2.75) is 31.8 Å². The maximum absolute atomic E-state index is 12.2. The fourth-order valence-electron chi connectivity index (χ4n) is 2.20. The van der Waals surface area contributed by atoms with Gasteiger partial charge in [0, 0.05) is 18.2 Å². The molecule has 2 heterocycles. The number of aliphatic hydroxyl groups excluding tert-OH is 1. The van der Waals surface area contributed by atoms with Crippen LogP contribution in [0.4, 0.5) is 4.39 Å². The van der Waals surface area contributed by atoms with Crippen molar-refractivity contribution >= 4 is 0 Å². The van der Waals surface area contributed by atoms with E-state index in [-0.39, 0.29) is 13.2 Å². The molecule has 1 aliphatic rings. The van der Waals surface area contributed by atoms with Crippen LogP contribution >= 0.6 is 0 Å². The Hall–Kier alpha value is -1.51. The molecule has 8 heteroatoms. The van der Waals surface area contributed by atoms with Gasteiger partial charge in [-0.05, 0) is 6.92 Å². The highest BCUT2D eigenvalue weighted by atomic mass is 19.1. The van der Waals surface area contributed by atoms with Crippen LogP contribution in [0.25, 0.3) is 0 Å². The van der Waals surface area contributed by atoms with E-state index >= 15 is 0 Å². The Labute approximate surface area is 114 Å². The third-order valence-electron chi connectivity index (χ3n) is 3.18. The average molecular weight is 288 g/mol. The summed E-state index contributed by atoms with van der Waals surface area (Å²) in [7, 11) is 0. The fraction of sp³-hybridized carbons (Fsp3) is 0.667. The van der Waals surface area contributed by atoms with Crippen molar-refractivity contribution in [3.05, 3.63) is 32.6 Å². The van der Waals surface area contributed by atoms with E-state index in [9.17, 15) is 14.0 Å². The van der Waals surface area contributed by atoms with E-state index < -0.39 is 36.4 Å². The summed E-state index contributed by atoms with van der Waals surface area (Å²) in [6.07, 6.45) is -0.0974. The summed E-state index contributed by atoms with van der Waals surface area (Å²) in [6, 6.07) is 0. The molecule has 7 nitrogen and oxygen atoms in total. The van der Waals surface area contributed by atoms with Crippen molar-refractivity contribution in [3.63, 3.8) is 0 Å². The molecule has 0 bridgehead atoms. The molecule has 1 aromatic heterocycles. The average Bonchev–Trinajstić information content (AvgIpc) is 2.83. The molecule has 1 aliphatic heterocycles. The normalized spacial score (nSPS) is 26.1. The highest BCUT2D eigenvalue weighted by molar-refractivity contribution is 5.02. The van der Waals surface area contributed by atoms with Gasteiger partial charge in [-0.1, -0.05) is 0 Å². The number of nitrogens with zero attached hydrogens (tertiary/aromatic N) is 1. The molecule has 0 aliphatic carbocycles. The topological polar surface area (TPSA) is 93.6 Å². The third kappa shape index (κ3) is 2.97. The van der Waals surface area contributed by atoms with Gasteiger partial charge in [0.1, 0.15) is 12.8 Å². The molecule has 20 heavy (non-hydrogen) atoms. The number of rotatable bonds is 5. The van der Waals surface area contributed by atoms with Gasteiger partial charge in [0.15, 0.2) is 6.23 Å². The van der Waals surface area contributed by atoms with Crippen LogP contribution in [0.1, 0.15) is 18.2 Å². The first-order valence-electron chi connectivity index (χ1n) is 6.32. The van der Waals surface area contributed by atoms with Gasteiger partial charge in [-0.25, -0.2) is 9.18 Å². The molecule has 1 saturated heterocycles. The molecule has 1 unspecified atom stereocenters. The van der Waals surface area contributed by atoms with Crippen LogP contribution in [0.2, 0.25) is 0 Å². The minimum atomic E-state index is -0.790. The van der Waals surface area contributed by atoms with Gasteiger partial charge in [-0.2, -0.15) is 0 Å². The largest absolute Gasteiger partial charge is 0.394 e. The standard InChI is InChI=1S/C12H17FN2O5/c1-7-5-15(12(18)14-10(7)17)11-9(19-3-2-13)4-8(6-16)20-11/h5,8-9,11,16H,2-4,6H2,1H3,(H,14,17,18)/t8-,9?,11+/m0/s1. The maximum atomic E-state index is 12.2.